The number of H-pyrrole nitrogens is 1. The van der Waals surface area contributed by atoms with Gasteiger partial charge in [0, 0.05) is 23.8 Å². The minimum atomic E-state index is -0.0752. The summed E-state index contributed by atoms with van der Waals surface area (Å²) in [4.78, 5) is 0. The van der Waals surface area contributed by atoms with E-state index in [2.05, 4.69) is 22.4 Å². The molecule has 0 saturated heterocycles. The number of aromatic nitrogens is 2. The van der Waals surface area contributed by atoms with Crippen molar-refractivity contribution in [3.05, 3.63) is 53.6 Å². The van der Waals surface area contributed by atoms with Gasteiger partial charge in [-0.2, -0.15) is 5.10 Å². The summed E-state index contributed by atoms with van der Waals surface area (Å²) in [6.45, 7) is 2.13. The van der Waals surface area contributed by atoms with E-state index in [9.17, 15) is 4.39 Å². The lowest BCUT2D eigenvalue weighted by Gasteiger charge is -2.38. The molecule has 0 radical (unpaired) electrons. The Morgan fingerprint density at radius 3 is 2.84 bits per heavy atom. The van der Waals surface area contributed by atoms with Crippen molar-refractivity contribution in [3.63, 3.8) is 0 Å². The topological polar surface area (TPSA) is 40.7 Å². The Hall–Kier alpha value is -1.68. The molecule has 19 heavy (non-hydrogen) atoms. The van der Waals surface area contributed by atoms with Gasteiger partial charge in [0.15, 0.2) is 0 Å². The fourth-order valence-corrected chi connectivity index (χ4v) is 2.76. The number of hydrogen-bond acceptors (Lipinski definition) is 2. The summed E-state index contributed by atoms with van der Waals surface area (Å²) >= 11 is 0. The standard InChI is InChI=1S/C15H18FN3/c1-10(12-8-17-18-9-12)19-13-6-11(7-13)14-4-2-3-5-15(14)16/h2-5,8-11,13,19H,6-7H2,1H3,(H,17,18). The van der Waals surface area contributed by atoms with Gasteiger partial charge in [0.25, 0.3) is 0 Å². The van der Waals surface area contributed by atoms with Crippen LogP contribution in [0.25, 0.3) is 0 Å². The molecule has 1 saturated carbocycles. The van der Waals surface area contributed by atoms with Crippen LogP contribution in [0.1, 0.15) is 42.9 Å². The molecular weight excluding hydrogens is 241 g/mol. The van der Waals surface area contributed by atoms with Gasteiger partial charge in [-0.3, -0.25) is 5.10 Å². The van der Waals surface area contributed by atoms with Crippen LogP contribution in [-0.4, -0.2) is 16.2 Å². The van der Waals surface area contributed by atoms with Crippen LogP contribution >= 0.6 is 0 Å². The fourth-order valence-electron chi connectivity index (χ4n) is 2.76. The molecule has 1 aliphatic rings. The van der Waals surface area contributed by atoms with Crippen molar-refractivity contribution in [2.24, 2.45) is 0 Å². The number of hydrogen-bond donors (Lipinski definition) is 2. The molecule has 1 fully saturated rings. The number of halogens is 1. The first-order valence-corrected chi connectivity index (χ1v) is 6.73. The number of nitrogens with zero attached hydrogens (tertiary/aromatic N) is 1. The van der Waals surface area contributed by atoms with Gasteiger partial charge in [-0.05, 0) is 37.3 Å². The minimum Gasteiger partial charge on any atom is -0.307 e. The fraction of sp³-hybridized carbons (Fsp3) is 0.400. The van der Waals surface area contributed by atoms with Crippen LogP contribution in [0.4, 0.5) is 4.39 Å². The summed E-state index contributed by atoms with van der Waals surface area (Å²) in [5.41, 5.74) is 2.02. The Kier molecular flexibility index (Phi) is 3.34. The molecule has 4 heteroatoms. The lowest BCUT2D eigenvalue weighted by Crippen LogP contribution is -2.41. The third-order valence-electron chi connectivity index (χ3n) is 3.99. The molecular formula is C15H18FN3. The highest BCUT2D eigenvalue weighted by Crippen LogP contribution is 2.38. The van der Waals surface area contributed by atoms with Crippen molar-refractivity contribution in [2.75, 3.05) is 0 Å². The highest BCUT2D eigenvalue weighted by atomic mass is 19.1. The Morgan fingerprint density at radius 2 is 2.16 bits per heavy atom. The van der Waals surface area contributed by atoms with Crippen molar-refractivity contribution in [1.29, 1.82) is 0 Å². The molecule has 1 aliphatic carbocycles. The summed E-state index contributed by atoms with van der Waals surface area (Å²) in [6.07, 6.45) is 5.75. The summed E-state index contributed by atoms with van der Waals surface area (Å²) in [7, 11) is 0. The van der Waals surface area contributed by atoms with Gasteiger partial charge in [-0.15, -0.1) is 0 Å². The highest BCUT2D eigenvalue weighted by molar-refractivity contribution is 5.25. The van der Waals surface area contributed by atoms with Gasteiger partial charge >= 0.3 is 0 Å². The SMILES string of the molecule is CC(NC1CC(c2ccccc2F)C1)c1cn[nH]c1. The zero-order valence-electron chi connectivity index (χ0n) is 10.9. The van der Waals surface area contributed by atoms with E-state index in [1.807, 2.05) is 24.5 Å². The lowest BCUT2D eigenvalue weighted by atomic mass is 9.75. The second kappa shape index (κ2) is 5.13. The van der Waals surface area contributed by atoms with Crippen molar-refractivity contribution >= 4 is 0 Å². The average Bonchev–Trinajstić information content (AvgIpc) is 2.88. The molecule has 0 bridgehead atoms. The summed E-state index contributed by atoms with van der Waals surface area (Å²) < 4.78 is 13.6. The van der Waals surface area contributed by atoms with Crippen molar-refractivity contribution in [2.45, 2.75) is 37.8 Å². The molecule has 2 aromatic rings. The van der Waals surface area contributed by atoms with Crippen LogP contribution in [-0.2, 0) is 0 Å². The van der Waals surface area contributed by atoms with E-state index in [4.69, 9.17) is 0 Å². The number of aromatic amines is 1. The largest absolute Gasteiger partial charge is 0.307 e. The maximum atomic E-state index is 13.6. The average molecular weight is 259 g/mol. The Labute approximate surface area is 112 Å². The van der Waals surface area contributed by atoms with Gasteiger partial charge in [0.1, 0.15) is 5.82 Å². The van der Waals surface area contributed by atoms with E-state index in [-0.39, 0.29) is 11.9 Å². The van der Waals surface area contributed by atoms with Crippen LogP contribution in [0, 0.1) is 5.82 Å². The van der Waals surface area contributed by atoms with E-state index < -0.39 is 0 Å². The van der Waals surface area contributed by atoms with Crippen LogP contribution in [0.3, 0.4) is 0 Å². The highest BCUT2D eigenvalue weighted by Gasteiger charge is 2.32. The second-order valence-electron chi connectivity index (χ2n) is 5.31. The molecule has 1 atom stereocenters. The molecule has 0 spiro atoms. The van der Waals surface area contributed by atoms with Gasteiger partial charge in [0.2, 0.25) is 0 Å². The van der Waals surface area contributed by atoms with Crippen LogP contribution < -0.4 is 5.32 Å². The molecule has 1 heterocycles. The van der Waals surface area contributed by atoms with E-state index in [1.165, 1.54) is 0 Å². The van der Waals surface area contributed by atoms with Gasteiger partial charge in [-0.1, -0.05) is 18.2 Å². The Balaban J connectivity index is 1.55. The van der Waals surface area contributed by atoms with Crippen molar-refractivity contribution in [3.8, 4) is 0 Å². The number of benzene rings is 1. The summed E-state index contributed by atoms with van der Waals surface area (Å²) in [5.74, 6) is 0.282. The molecule has 1 aromatic carbocycles. The van der Waals surface area contributed by atoms with Gasteiger partial charge < -0.3 is 5.32 Å². The number of nitrogens with one attached hydrogen (secondary N) is 2. The zero-order valence-corrected chi connectivity index (χ0v) is 10.9. The maximum Gasteiger partial charge on any atom is 0.126 e. The van der Waals surface area contributed by atoms with E-state index in [0.717, 1.165) is 24.0 Å². The van der Waals surface area contributed by atoms with Crippen LogP contribution in [0.2, 0.25) is 0 Å². The molecule has 0 amide bonds. The molecule has 0 aliphatic heterocycles. The monoisotopic (exact) mass is 259 g/mol. The van der Waals surface area contributed by atoms with E-state index >= 15 is 0 Å². The smallest absolute Gasteiger partial charge is 0.126 e. The predicted molar refractivity (Wildman–Crippen MR) is 72.3 cm³/mol. The van der Waals surface area contributed by atoms with Crippen molar-refractivity contribution < 1.29 is 4.39 Å². The normalized spacial score (nSPS) is 23.9. The summed E-state index contributed by atoms with van der Waals surface area (Å²) in [6, 6.07) is 7.85. The molecule has 100 valence electrons. The van der Waals surface area contributed by atoms with Gasteiger partial charge in [0.05, 0.1) is 6.20 Å². The minimum absolute atomic E-state index is 0.0752. The third kappa shape index (κ3) is 2.54. The number of rotatable bonds is 4. The second-order valence-corrected chi connectivity index (χ2v) is 5.31. The molecule has 3 nitrogen and oxygen atoms in total. The van der Waals surface area contributed by atoms with Gasteiger partial charge in [-0.25, -0.2) is 4.39 Å². The first-order valence-electron chi connectivity index (χ1n) is 6.73. The van der Waals surface area contributed by atoms with E-state index in [1.54, 1.807) is 12.1 Å². The zero-order chi connectivity index (χ0) is 13.2. The first kappa shape index (κ1) is 12.4. The van der Waals surface area contributed by atoms with Crippen molar-refractivity contribution in [1.82, 2.24) is 15.5 Å². The molecule has 1 aromatic heterocycles. The lowest BCUT2D eigenvalue weighted by molar-refractivity contribution is 0.266. The molecule has 2 N–H and O–H groups in total. The molecule has 1 unspecified atom stereocenters. The third-order valence-corrected chi connectivity index (χ3v) is 3.99. The predicted octanol–water partition coefficient (Wildman–Crippen LogP) is 3.15. The first-order chi connectivity index (χ1) is 9.24. The Bertz CT molecular complexity index is 532. The quantitative estimate of drug-likeness (QED) is 0.885. The van der Waals surface area contributed by atoms with Crippen LogP contribution in [0.15, 0.2) is 36.7 Å². The summed E-state index contributed by atoms with van der Waals surface area (Å²) in [5, 5.41) is 10.3. The Morgan fingerprint density at radius 1 is 1.37 bits per heavy atom. The maximum absolute atomic E-state index is 13.6. The van der Waals surface area contributed by atoms with Crippen LogP contribution in [0.5, 0.6) is 0 Å². The van der Waals surface area contributed by atoms with E-state index in [0.29, 0.717) is 12.0 Å². The molecule has 3 rings (SSSR count).